The Hall–Kier alpha value is -0.860. The van der Waals surface area contributed by atoms with Gasteiger partial charge >= 0.3 is 0 Å². The van der Waals surface area contributed by atoms with E-state index < -0.39 is 0 Å². The minimum atomic E-state index is 0.547. The second-order valence-corrected chi connectivity index (χ2v) is 6.51. The Balaban J connectivity index is 1.75. The fourth-order valence-corrected chi connectivity index (χ4v) is 3.86. The van der Waals surface area contributed by atoms with Gasteiger partial charge in [0, 0.05) is 25.2 Å². The third-order valence-corrected chi connectivity index (χ3v) is 4.90. The normalized spacial score (nSPS) is 29.2. The highest BCUT2D eigenvalue weighted by atomic mass is 15.2. The summed E-state index contributed by atoms with van der Waals surface area (Å²) < 4.78 is 0. The topological polar surface area (TPSA) is 15.3 Å². The van der Waals surface area contributed by atoms with Gasteiger partial charge in [0.25, 0.3) is 0 Å². The third kappa shape index (κ3) is 2.70. The van der Waals surface area contributed by atoms with Crippen LogP contribution in [-0.2, 0) is 0 Å². The van der Waals surface area contributed by atoms with Gasteiger partial charge in [0.2, 0.25) is 0 Å². The van der Waals surface area contributed by atoms with Crippen molar-refractivity contribution < 1.29 is 0 Å². The molecule has 2 heteroatoms. The van der Waals surface area contributed by atoms with Gasteiger partial charge in [-0.3, -0.25) is 4.90 Å². The van der Waals surface area contributed by atoms with Crippen LogP contribution in [0.15, 0.2) is 18.2 Å². The van der Waals surface area contributed by atoms with Gasteiger partial charge in [-0.1, -0.05) is 29.3 Å². The quantitative estimate of drug-likeness (QED) is 0.877. The molecule has 2 aliphatic heterocycles. The predicted octanol–water partition coefficient (Wildman–Crippen LogP) is 3.05. The van der Waals surface area contributed by atoms with Crippen LogP contribution in [0.25, 0.3) is 0 Å². The second kappa shape index (κ2) is 5.26. The molecule has 1 aromatic rings. The fourth-order valence-electron chi connectivity index (χ4n) is 3.86. The first-order valence-electron chi connectivity index (χ1n) is 7.69. The summed E-state index contributed by atoms with van der Waals surface area (Å²) in [6.45, 7) is 10.5. The molecule has 0 amide bonds. The molecule has 0 aliphatic carbocycles. The Labute approximate surface area is 117 Å². The molecule has 19 heavy (non-hydrogen) atoms. The summed E-state index contributed by atoms with van der Waals surface area (Å²) in [6, 6.07) is 8.26. The van der Waals surface area contributed by atoms with Crippen molar-refractivity contribution in [1.29, 1.82) is 0 Å². The molecule has 0 bridgehead atoms. The number of nitrogens with zero attached hydrogens (tertiary/aromatic N) is 1. The van der Waals surface area contributed by atoms with E-state index >= 15 is 0 Å². The van der Waals surface area contributed by atoms with Crippen LogP contribution >= 0.6 is 0 Å². The van der Waals surface area contributed by atoms with E-state index in [0.717, 1.165) is 12.0 Å². The van der Waals surface area contributed by atoms with Gasteiger partial charge in [-0.05, 0) is 51.6 Å². The summed E-state index contributed by atoms with van der Waals surface area (Å²) in [5.74, 6) is 0.877. The maximum atomic E-state index is 3.70. The molecule has 3 atom stereocenters. The molecular formula is C17H26N2. The summed E-state index contributed by atoms with van der Waals surface area (Å²) in [5, 5.41) is 3.70. The van der Waals surface area contributed by atoms with Crippen LogP contribution < -0.4 is 5.32 Å². The lowest BCUT2D eigenvalue weighted by Crippen LogP contribution is -2.40. The molecule has 0 radical (unpaired) electrons. The lowest BCUT2D eigenvalue weighted by Gasteiger charge is -2.25. The van der Waals surface area contributed by atoms with E-state index in [0.29, 0.717) is 6.04 Å². The summed E-state index contributed by atoms with van der Waals surface area (Å²) in [6.07, 6.45) is 2.76. The van der Waals surface area contributed by atoms with E-state index in [1.54, 1.807) is 0 Å². The first-order chi connectivity index (χ1) is 9.13. The van der Waals surface area contributed by atoms with Crippen molar-refractivity contribution in [2.24, 2.45) is 5.92 Å². The van der Waals surface area contributed by atoms with Crippen LogP contribution in [-0.4, -0.2) is 30.6 Å². The standard InChI is InChI=1S/C17H26N2/c1-12-7-13(2)9-16(8-12)14(3)19-10-15-5-4-6-18-17(15)11-19/h7-9,14-15,17-18H,4-6,10-11H2,1-3H3/t14?,15-,17+/m0/s1. The van der Waals surface area contributed by atoms with Crippen molar-refractivity contribution in [3.63, 3.8) is 0 Å². The van der Waals surface area contributed by atoms with E-state index in [1.165, 1.54) is 49.2 Å². The number of benzene rings is 1. The third-order valence-electron chi connectivity index (χ3n) is 4.90. The van der Waals surface area contributed by atoms with Gasteiger partial charge in [0.15, 0.2) is 0 Å². The lowest BCUT2D eigenvalue weighted by molar-refractivity contribution is 0.250. The molecule has 2 fully saturated rings. The molecule has 0 spiro atoms. The van der Waals surface area contributed by atoms with Crippen LogP contribution in [0.4, 0.5) is 0 Å². The Morgan fingerprint density at radius 3 is 2.58 bits per heavy atom. The van der Waals surface area contributed by atoms with Crippen LogP contribution in [0.2, 0.25) is 0 Å². The van der Waals surface area contributed by atoms with Gasteiger partial charge in [-0.2, -0.15) is 0 Å². The first-order valence-corrected chi connectivity index (χ1v) is 7.69. The van der Waals surface area contributed by atoms with Crippen molar-refractivity contribution in [3.05, 3.63) is 34.9 Å². The molecule has 2 heterocycles. The smallest absolute Gasteiger partial charge is 0.0320 e. The number of aryl methyl sites for hydroxylation is 2. The molecule has 2 nitrogen and oxygen atoms in total. The molecule has 104 valence electrons. The van der Waals surface area contributed by atoms with E-state index in [9.17, 15) is 0 Å². The predicted molar refractivity (Wildman–Crippen MR) is 80.4 cm³/mol. The van der Waals surface area contributed by atoms with Crippen molar-refractivity contribution in [1.82, 2.24) is 10.2 Å². The number of likely N-dealkylation sites (tertiary alicyclic amines) is 1. The molecule has 1 unspecified atom stereocenters. The molecule has 0 aromatic heterocycles. The molecule has 1 N–H and O–H groups in total. The van der Waals surface area contributed by atoms with Crippen LogP contribution in [0.1, 0.15) is 42.5 Å². The molecule has 3 rings (SSSR count). The minimum Gasteiger partial charge on any atom is -0.312 e. The van der Waals surface area contributed by atoms with Gasteiger partial charge < -0.3 is 5.32 Å². The number of fused-ring (bicyclic) bond motifs is 1. The lowest BCUT2D eigenvalue weighted by atomic mass is 9.94. The summed E-state index contributed by atoms with van der Waals surface area (Å²) in [7, 11) is 0. The van der Waals surface area contributed by atoms with E-state index in [4.69, 9.17) is 0 Å². The van der Waals surface area contributed by atoms with E-state index in [2.05, 4.69) is 49.2 Å². The zero-order chi connectivity index (χ0) is 13.4. The van der Waals surface area contributed by atoms with Crippen molar-refractivity contribution in [2.45, 2.75) is 45.7 Å². The van der Waals surface area contributed by atoms with Crippen LogP contribution in [0.3, 0.4) is 0 Å². The highest BCUT2D eigenvalue weighted by molar-refractivity contribution is 5.30. The zero-order valence-electron chi connectivity index (χ0n) is 12.4. The first kappa shape index (κ1) is 13.1. The zero-order valence-corrected chi connectivity index (χ0v) is 12.4. The molecule has 0 saturated carbocycles. The summed E-state index contributed by atoms with van der Waals surface area (Å²) in [5.41, 5.74) is 4.25. The number of rotatable bonds is 2. The maximum Gasteiger partial charge on any atom is 0.0320 e. The maximum absolute atomic E-state index is 3.70. The number of hydrogen-bond acceptors (Lipinski definition) is 2. The minimum absolute atomic E-state index is 0.547. The SMILES string of the molecule is Cc1cc(C)cc(C(C)N2C[C@@H]3CCCN[C@@H]3C2)c1. The average Bonchev–Trinajstić information content (AvgIpc) is 2.80. The average molecular weight is 258 g/mol. The molecule has 2 aliphatic rings. The number of nitrogens with one attached hydrogen (secondary N) is 1. The van der Waals surface area contributed by atoms with Crippen molar-refractivity contribution in [3.8, 4) is 0 Å². The molecular weight excluding hydrogens is 232 g/mol. The van der Waals surface area contributed by atoms with Gasteiger partial charge in [-0.15, -0.1) is 0 Å². The van der Waals surface area contributed by atoms with Crippen molar-refractivity contribution in [2.75, 3.05) is 19.6 Å². The monoisotopic (exact) mass is 258 g/mol. The Bertz CT molecular complexity index is 420. The van der Waals surface area contributed by atoms with Crippen LogP contribution in [0.5, 0.6) is 0 Å². The van der Waals surface area contributed by atoms with Gasteiger partial charge in [0.05, 0.1) is 0 Å². The van der Waals surface area contributed by atoms with Gasteiger partial charge in [0.1, 0.15) is 0 Å². The van der Waals surface area contributed by atoms with Crippen LogP contribution in [0, 0.1) is 19.8 Å². The molecule has 1 aromatic carbocycles. The molecule has 2 saturated heterocycles. The number of hydrogen-bond donors (Lipinski definition) is 1. The second-order valence-electron chi connectivity index (χ2n) is 6.51. The highest BCUT2D eigenvalue weighted by Gasteiger charge is 2.36. The largest absolute Gasteiger partial charge is 0.312 e. The Kier molecular flexibility index (Phi) is 3.64. The summed E-state index contributed by atoms with van der Waals surface area (Å²) >= 11 is 0. The fraction of sp³-hybridized carbons (Fsp3) is 0.647. The van der Waals surface area contributed by atoms with Gasteiger partial charge in [-0.25, -0.2) is 0 Å². The number of piperidine rings is 1. The highest BCUT2D eigenvalue weighted by Crippen LogP contribution is 2.32. The van der Waals surface area contributed by atoms with E-state index in [1.807, 2.05) is 0 Å². The Morgan fingerprint density at radius 1 is 1.16 bits per heavy atom. The summed E-state index contributed by atoms with van der Waals surface area (Å²) in [4.78, 5) is 2.67. The van der Waals surface area contributed by atoms with Crippen molar-refractivity contribution >= 4 is 0 Å². The Morgan fingerprint density at radius 2 is 1.89 bits per heavy atom. The van der Waals surface area contributed by atoms with E-state index in [-0.39, 0.29) is 0 Å².